The van der Waals surface area contributed by atoms with Gasteiger partial charge in [-0.1, -0.05) is 0 Å². The van der Waals surface area contributed by atoms with Gasteiger partial charge >= 0.3 is 17.8 Å². The van der Waals surface area contributed by atoms with Crippen LogP contribution in [0.5, 0.6) is 0 Å². The van der Waals surface area contributed by atoms with Gasteiger partial charge in [-0.2, -0.15) is 18.4 Å². The molecule has 1 heterocycles. The first-order chi connectivity index (χ1) is 6.32. The highest BCUT2D eigenvalue weighted by molar-refractivity contribution is 5.95. The lowest BCUT2D eigenvalue weighted by Crippen LogP contribution is -2.32. The van der Waals surface area contributed by atoms with E-state index in [-0.39, 0.29) is 0 Å². The van der Waals surface area contributed by atoms with Gasteiger partial charge in [-0.05, 0) is 0 Å². The summed E-state index contributed by atoms with van der Waals surface area (Å²) in [6.07, 6.45) is -4.91. The molecule has 14 heavy (non-hydrogen) atoms. The maximum atomic E-state index is 11.9. The van der Waals surface area contributed by atoms with E-state index >= 15 is 0 Å². The van der Waals surface area contributed by atoms with E-state index in [2.05, 4.69) is 15.2 Å². The minimum Gasteiger partial charge on any atom is -0.477 e. The Balaban J connectivity index is 3.15. The zero-order valence-electron chi connectivity index (χ0n) is 6.28. The van der Waals surface area contributed by atoms with E-state index in [0.717, 1.165) is 6.07 Å². The number of aliphatic imine (C=N–C) groups is 1. The van der Waals surface area contributed by atoms with Gasteiger partial charge in [0, 0.05) is 0 Å². The second-order valence-corrected chi connectivity index (χ2v) is 2.22. The number of azo groups is 1. The van der Waals surface area contributed by atoms with E-state index in [1.807, 2.05) is 0 Å². The molecule has 6 nitrogen and oxygen atoms in total. The lowest BCUT2D eigenvalue weighted by Gasteiger charge is -2.04. The second-order valence-electron chi connectivity index (χ2n) is 2.22. The maximum Gasteiger partial charge on any atom is 0.453 e. The van der Waals surface area contributed by atoms with Gasteiger partial charge < -0.3 is 5.11 Å². The number of carbonyl (C=O) groups is 1. The lowest BCUT2D eigenvalue weighted by atomic mass is 10.2. The number of nitriles is 1. The van der Waals surface area contributed by atoms with Gasteiger partial charge in [-0.15, -0.1) is 10.2 Å². The summed E-state index contributed by atoms with van der Waals surface area (Å²) >= 11 is 0. The van der Waals surface area contributed by atoms with Crippen molar-refractivity contribution in [3.63, 3.8) is 0 Å². The number of alkyl halides is 3. The zero-order valence-corrected chi connectivity index (χ0v) is 6.28. The molecule has 74 valence electrons. The number of rotatable bonds is 1. The lowest BCUT2D eigenvalue weighted by molar-refractivity contribution is -0.140. The van der Waals surface area contributed by atoms with E-state index in [9.17, 15) is 18.0 Å². The third-order valence-corrected chi connectivity index (χ3v) is 1.26. The zero-order chi connectivity index (χ0) is 11.0. The molecular weight excluding hydrogens is 205 g/mol. The van der Waals surface area contributed by atoms with Crippen molar-refractivity contribution in [3.05, 3.63) is 0 Å². The van der Waals surface area contributed by atoms with E-state index in [1.54, 1.807) is 0 Å². The first kappa shape index (κ1) is 10.1. The number of nitrogens with zero attached hydrogens (tertiary/aromatic N) is 4. The Morgan fingerprint density at radius 2 is 2.14 bits per heavy atom. The van der Waals surface area contributed by atoms with Crippen LogP contribution in [-0.2, 0) is 4.79 Å². The highest BCUT2D eigenvalue weighted by Crippen LogP contribution is 2.28. The SMILES string of the molecule is N#CC1(C(=O)O)N=NC(C(F)(F)F)=N1. The van der Waals surface area contributed by atoms with Crippen molar-refractivity contribution in [2.45, 2.75) is 11.8 Å². The van der Waals surface area contributed by atoms with Crippen molar-refractivity contribution >= 4 is 11.8 Å². The van der Waals surface area contributed by atoms with Crippen LogP contribution in [0.2, 0.25) is 0 Å². The fraction of sp³-hybridized carbons (Fsp3) is 0.400. The Morgan fingerprint density at radius 3 is 2.36 bits per heavy atom. The van der Waals surface area contributed by atoms with Gasteiger partial charge in [-0.25, -0.2) is 9.79 Å². The van der Waals surface area contributed by atoms with Gasteiger partial charge in [0.2, 0.25) is 0 Å². The summed E-state index contributed by atoms with van der Waals surface area (Å²) in [5, 5.41) is 21.9. The summed E-state index contributed by atoms with van der Waals surface area (Å²) in [5.74, 6) is -3.62. The number of hydrogen-bond acceptors (Lipinski definition) is 5. The molecule has 9 heteroatoms. The molecule has 1 aliphatic heterocycles. The molecule has 0 aromatic heterocycles. The molecule has 0 amide bonds. The number of carboxylic acids is 1. The molecule has 1 aliphatic rings. The fourth-order valence-corrected chi connectivity index (χ4v) is 0.624. The topological polar surface area (TPSA) is 98.2 Å². The van der Waals surface area contributed by atoms with Crippen LogP contribution in [0.15, 0.2) is 15.2 Å². The summed E-state index contributed by atoms with van der Waals surface area (Å²) in [6, 6.07) is 1.03. The summed E-state index contributed by atoms with van der Waals surface area (Å²) in [6.45, 7) is 0. The molecule has 0 fully saturated rings. The molecule has 1 atom stereocenters. The third-order valence-electron chi connectivity index (χ3n) is 1.26. The predicted molar refractivity (Wildman–Crippen MR) is 34.3 cm³/mol. The predicted octanol–water partition coefficient (Wildman–Crippen LogP) is 0.717. The Kier molecular flexibility index (Phi) is 1.99. The summed E-state index contributed by atoms with van der Waals surface area (Å²) < 4.78 is 35.8. The number of amidine groups is 1. The molecule has 0 aromatic carbocycles. The van der Waals surface area contributed by atoms with Gasteiger partial charge in [0.05, 0.1) is 0 Å². The summed E-state index contributed by atoms with van der Waals surface area (Å²) in [7, 11) is 0. The molecule has 0 saturated heterocycles. The third kappa shape index (κ3) is 1.41. The largest absolute Gasteiger partial charge is 0.477 e. The van der Waals surface area contributed by atoms with E-state index < -0.39 is 23.6 Å². The Morgan fingerprint density at radius 1 is 1.57 bits per heavy atom. The van der Waals surface area contributed by atoms with Crippen molar-refractivity contribution in [1.29, 1.82) is 5.26 Å². The molecule has 0 aromatic rings. The standard InChI is InChI=1S/C5HF3N4O2/c6-5(7,8)2-10-4(1-9,3(13)14)12-11-2/h(H,13,14). The summed E-state index contributed by atoms with van der Waals surface area (Å²) in [5.41, 5.74) is -2.79. The number of hydrogen-bond donors (Lipinski definition) is 1. The molecule has 1 N–H and O–H groups in total. The van der Waals surface area contributed by atoms with Crippen LogP contribution in [0.25, 0.3) is 0 Å². The van der Waals surface area contributed by atoms with Gasteiger partial charge in [0.25, 0.3) is 5.84 Å². The van der Waals surface area contributed by atoms with Crippen LogP contribution >= 0.6 is 0 Å². The number of halogens is 3. The van der Waals surface area contributed by atoms with Crippen molar-refractivity contribution in [2.75, 3.05) is 0 Å². The smallest absolute Gasteiger partial charge is 0.453 e. The van der Waals surface area contributed by atoms with Crippen LogP contribution < -0.4 is 0 Å². The quantitative estimate of drug-likeness (QED) is 0.683. The average molecular weight is 206 g/mol. The molecular formula is C5HF3N4O2. The first-order valence-corrected chi connectivity index (χ1v) is 3.06. The van der Waals surface area contributed by atoms with Crippen LogP contribution in [0.3, 0.4) is 0 Å². The Labute approximate surface area is 74.4 Å². The highest BCUT2D eigenvalue weighted by atomic mass is 19.4. The second kappa shape index (κ2) is 2.76. The number of carboxylic acid groups (broad SMARTS) is 1. The Hall–Kier alpha value is -1.98. The molecule has 1 unspecified atom stereocenters. The van der Waals surface area contributed by atoms with E-state index in [0.29, 0.717) is 0 Å². The Bertz CT molecular complexity index is 379. The summed E-state index contributed by atoms with van der Waals surface area (Å²) in [4.78, 5) is 13.0. The van der Waals surface area contributed by atoms with Crippen molar-refractivity contribution in [3.8, 4) is 6.07 Å². The van der Waals surface area contributed by atoms with Gasteiger partial charge in [0.15, 0.2) is 0 Å². The minimum absolute atomic E-state index is 1.03. The molecule has 0 radical (unpaired) electrons. The van der Waals surface area contributed by atoms with Crippen LogP contribution in [-0.4, -0.2) is 28.8 Å². The van der Waals surface area contributed by atoms with E-state index in [4.69, 9.17) is 10.4 Å². The van der Waals surface area contributed by atoms with Crippen LogP contribution in [0.1, 0.15) is 0 Å². The van der Waals surface area contributed by atoms with Gasteiger partial charge in [0.1, 0.15) is 6.07 Å². The monoisotopic (exact) mass is 206 g/mol. The van der Waals surface area contributed by atoms with Gasteiger partial charge in [-0.3, -0.25) is 0 Å². The average Bonchev–Trinajstić information content (AvgIpc) is 2.47. The van der Waals surface area contributed by atoms with Crippen LogP contribution in [0.4, 0.5) is 13.2 Å². The highest BCUT2D eigenvalue weighted by Gasteiger charge is 2.49. The minimum atomic E-state index is -4.91. The van der Waals surface area contributed by atoms with Crippen LogP contribution in [0, 0.1) is 11.3 Å². The maximum absolute atomic E-state index is 11.9. The molecule has 0 spiro atoms. The van der Waals surface area contributed by atoms with Crippen molar-refractivity contribution in [2.24, 2.45) is 15.2 Å². The molecule has 0 aliphatic carbocycles. The number of aliphatic carboxylic acids is 1. The first-order valence-electron chi connectivity index (χ1n) is 3.06. The van der Waals surface area contributed by atoms with E-state index in [1.165, 1.54) is 0 Å². The van der Waals surface area contributed by atoms with Crippen molar-refractivity contribution in [1.82, 2.24) is 0 Å². The molecule has 0 saturated carbocycles. The molecule has 1 rings (SSSR count). The fourth-order valence-electron chi connectivity index (χ4n) is 0.624. The van der Waals surface area contributed by atoms with Crippen molar-refractivity contribution < 1.29 is 23.1 Å². The normalized spacial score (nSPS) is 25.7. The molecule has 0 bridgehead atoms.